The summed E-state index contributed by atoms with van der Waals surface area (Å²) in [6.45, 7) is 0. The van der Waals surface area contributed by atoms with Crippen LogP contribution in [0.1, 0.15) is 37.3 Å². The van der Waals surface area contributed by atoms with Gasteiger partial charge in [-0.15, -0.1) is 0 Å². The van der Waals surface area contributed by atoms with E-state index >= 15 is 0 Å². The molecule has 0 aliphatic heterocycles. The van der Waals surface area contributed by atoms with E-state index in [1.807, 2.05) is 38.4 Å². The Morgan fingerprint density at radius 1 is 1.26 bits per heavy atom. The first-order chi connectivity index (χ1) is 9.08. The van der Waals surface area contributed by atoms with Crippen LogP contribution in [0.25, 0.3) is 0 Å². The zero-order valence-electron chi connectivity index (χ0n) is 11.6. The van der Waals surface area contributed by atoms with Gasteiger partial charge in [0.1, 0.15) is 0 Å². The molecule has 0 heterocycles. The van der Waals surface area contributed by atoms with Gasteiger partial charge in [0.2, 0.25) is 0 Å². The highest BCUT2D eigenvalue weighted by atomic mass is 35.5. The fourth-order valence-electron chi connectivity index (χ4n) is 2.76. The molecule has 1 unspecified atom stereocenters. The first kappa shape index (κ1) is 14.4. The highest BCUT2D eigenvalue weighted by molar-refractivity contribution is 6.30. The summed E-state index contributed by atoms with van der Waals surface area (Å²) in [4.78, 5) is 13.6. The first-order valence-corrected chi connectivity index (χ1v) is 7.31. The second kappa shape index (κ2) is 6.40. The van der Waals surface area contributed by atoms with Crippen molar-refractivity contribution in [3.05, 3.63) is 34.9 Å². The number of benzene rings is 1. The Bertz CT molecular complexity index is 424. The molecule has 0 saturated heterocycles. The molecule has 1 amide bonds. The molecule has 1 aromatic carbocycles. The van der Waals surface area contributed by atoms with Gasteiger partial charge in [-0.25, -0.2) is 0 Å². The molecule has 0 aromatic heterocycles. The molecule has 1 saturated carbocycles. The molecule has 104 valence electrons. The summed E-state index contributed by atoms with van der Waals surface area (Å²) in [7, 11) is 4.01. The molecular weight excluding hydrogens is 260 g/mol. The Morgan fingerprint density at radius 3 is 2.37 bits per heavy atom. The van der Waals surface area contributed by atoms with Gasteiger partial charge in [0.25, 0.3) is 5.91 Å². The summed E-state index contributed by atoms with van der Waals surface area (Å²) in [6, 6.07) is 7.76. The van der Waals surface area contributed by atoms with Gasteiger partial charge in [0.05, 0.1) is 14.1 Å². The molecular formula is C15H22ClN2O+. The molecule has 2 N–H and O–H groups in total. The number of rotatable bonds is 4. The molecule has 0 radical (unpaired) electrons. The molecule has 3 nitrogen and oxygen atoms in total. The number of nitrogens with one attached hydrogen (secondary N) is 2. The first-order valence-electron chi connectivity index (χ1n) is 6.94. The summed E-state index contributed by atoms with van der Waals surface area (Å²) in [6.07, 6.45) is 4.68. The van der Waals surface area contributed by atoms with Crippen LogP contribution in [0.2, 0.25) is 5.02 Å². The molecule has 1 fully saturated rings. The summed E-state index contributed by atoms with van der Waals surface area (Å²) < 4.78 is 0. The van der Waals surface area contributed by atoms with Crippen molar-refractivity contribution in [3.8, 4) is 0 Å². The molecule has 0 bridgehead atoms. The van der Waals surface area contributed by atoms with E-state index in [-0.39, 0.29) is 11.9 Å². The number of hydrogen-bond donors (Lipinski definition) is 2. The van der Waals surface area contributed by atoms with E-state index in [1.165, 1.54) is 12.8 Å². The molecule has 0 spiro atoms. The standard InChI is InChI=1S/C15H21ClN2O/c1-18(2)14(11-7-9-12(16)10-8-11)15(19)17-13-5-3-4-6-13/h7-10,13-14H,3-6H2,1-2H3,(H,17,19)/p+1. The normalized spacial score (nSPS) is 17.7. The van der Waals surface area contributed by atoms with Gasteiger partial charge in [0, 0.05) is 16.6 Å². The highest BCUT2D eigenvalue weighted by Crippen LogP contribution is 2.19. The topological polar surface area (TPSA) is 33.5 Å². The van der Waals surface area contributed by atoms with Gasteiger partial charge in [-0.1, -0.05) is 36.6 Å². The van der Waals surface area contributed by atoms with Gasteiger partial charge in [-0.05, 0) is 25.0 Å². The van der Waals surface area contributed by atoms with E-state index in [0.717, 1.165) is 23.3 Å². The van der Waals surface area contributed by atoms with E-state index < -0.39 is 0 Å². The lowest BCUT2D eigenvalue weighted by atomic mass is 10.0. The van der Waals surface area contributed by atoms with Crippen molar-refractivity contribution < 1.29 is 9.69 Å². The van der Waals surface area contributed by atoms with Gasteiger partial charge in [-0.3, -0.25) is 4.79 Å². The maximum Gasteiger partial charge on any atom is 0.283 e. The SMILES string of the molecule is C[NH+](C)C(C(=O)NC1CCCC1)c1ccc(Cl)cc1. The fourth-order valence-corrected chi connectivity index (χ4v) is 2.88. The van der Waals surface area contributed by atoms with Crippen LogP contribution >= 0.6 is 11.6 Å². The van der Waals surface area contributed by atoms with Gasteiger partial charge in [-0.2, -0.15) is 0 Å². The van der Waals surface area contributed by atoms with E-state index in [1.54, 1.807) is 0 Å². The van der Waals surface area contributed by atoms with Crippen molar-refractivity contribution in [2.45, 2.75) is 37.8 Å². The van der Waals surface area contributed by atoms with Gasteiger partial charge < -0.3 is 10.2 Å². The molecule has 2 rings (SSSR count). The third-order valence-corrected chi connectivity index (χ3v) is 4.00. The summed E-state index contributed by atoms with van der Waals surface area (Å²) in [5, 5.41) is 3.88. The largest absolute Gasteiger partial charge is 0.348 e. The number of hydrogen-bond acceptors (Lipinski definition) is 1. The van der Waals surface area contributed by atoms with Crippen LogP contribution in [-0.4, -0.2) is 26.0 Å². The van der Waals surface area contributed by atoms with Crippen molar-refractivity contribution >= 4 is 17.5 Å². The highest BCUT2D eigenvalue weighted by Gasteiger charge is 2.29. The summed E-state index contributed by atoms with van der Waals surface area (Å²) >= 11 is 5.91. The Kier molecular flexibility index (Phi) is 4.83. The summed E-state index contributed by atoms with van der Waals surface area (Å²) in [5.74, 6) is 0.120. The lowest BCUT2D eigenvalue weighted by molar-refractivity contribution is -0.881. The minimum atomic E-state index is -0.169. The van der Waals surface area contributed by atoms with Crippen LogP contribution in [0.5, 0.6) is 0 Å². The molecule has 1 aromatic rings. The van der Waals surface area contributed by atoms with Gasteiger partial charge in [0.15, 0.2) is 6.04 Å². The lowest BCUT2D eigenvalue weighted by Gasteiger charge is -2.23. The Morgan fingerprint density at radius 2 is 1.84 bits per heavy atom. The lowest BCUT2D eigenvalue weighted by Crippen LogP contribution is -3.07. The van der Waals surface area contributed by atoms with Crippen molar-refractivity contribution in [2.24, 2.45) is 0 Å². The van der Waals surface area contributed by atoms with E-state index in [9.17, 15) is 4.79 Å². The molecule has 1 aliphatic rings. The van der Waals surface area contributed by atoms with E-state index in [2.05, 4.69) is 5.32 Å². The fraction of sp³-hybridized carbons (Fsp3) is 0.533. The Labute approximate surface area is 119 Å². The van der Waals surface area contributed by atoms with Gasteiger partial charge >= 0.3 is 0 Å². The van der Waals surface area contributed by atoms with Crippen LogP contribution in [0.4, 0.5) is 0 Å². The van der Waals surface area contributed by atoms with Crippen LogP contribution in [-0.2, 0) is 4.79 Å². The van der Waals surface area contributed by atoms with Crippen LogP contribution in [0.15, 0.2) is 24.3 Å². The van der Waals surface area contributed by atoms with Crippen LogP contribution < -0.4 is 10.2 Å². The monoisotopic (exact) mass is 281 g/mol. The summed E-state index contributed by atoms with van der Waals surface area (Å²) in [5.41, 5.74) is 1.01. The quantitative estimate of drug-likeness (QED) is 0.863. The third kappa shape index (κ3) is 3.71. The zero-order chi connectivity index (χ0) is 13.8. The number of quaternary nitrogens is 1. The van der Waals surface area contributed by atoms with E-state index in [4.69, 9.17) is 11.6 Å². The number of carbonyl (C=O) groups excluding carboxylic acids is 1. The van der Waals surface area contributed by atoms with Crippen molar-refractivity contribution in [1.82, 2.24) is 5.32 Å². The predicted octanol–water partition coefficient (Wildman–Crippen LogP) is 1.58. The maximum atomic E-state index is 12.5. The average Bonchev–Trinajstić information content (AvgIpc) is 2.84. The Hall–Kier alpha value is -1.06. The number of carbonyl (C=O) groups is 1. The van der Waals surface area contributed by atoms with Crippen molar-refractivity contribution in [2.75, 3.05) is 14.1 Å². The van der Waals surface area contributed by atoms with Crippen LogP contribution in [0.3, 0.4) is 0 Å². The third-order valence-electron chi connectivity index (χ3n) is 3.74. The second-order valence-electron chi connectivity index (χ2n) is 5.55. The number of likely N-dealkylation sites (N-methyl/N-ethyl adjacent to an activating group) is 1. The van der Waals surface area contributed by atoms with Crippen molar-refractivity contribution in [3.63, 3.8) is 0 Å². The predicted molar refractivity (Wildman–Crippen MR) is 77.4 cm³/mol. The molecule has 19 heavy (non-hydrogen) atoms. The minimum absolute atomic E-state index is 0.120. The number of halogens is 1. The minimum Gasteiger partial charge on any atom is -0.348 e. The van der Waals surface area contributed by atoms with E-state index in [0.29, 0.717) is 11.1 Å². The average molecular weight is 282 g/mol. The second-order valence-corrected chi connectivity index (χ2v) is 5.99. The number of amides is 1. The Balaban J connectivity index is 2.10. The maximum absolute atomic E-state index is 12.5. The zero-order valence-corrected chi connectivity index (χ0v) is 12.3. The van der Waals surface area contributed by atoms with Crippen molar-refractivity contribution in [1.29, 1.82) is 0 Å². The molecule has 1 aliphatic carbocycles. The van der Waals surface area contributed by atoms with Crippen LogP contribution in [0, 0.1) is 0 Å². The molecule has 4 heteroatoms. The smallest absolute Gasteiger partial charge is 0.283 e. The molecule has 1 atom stereocenters.